The average molecular weight is 249 g/mol. The van der Waals surface area contributed by atoms with Gasteiger partial charge in [0.2, 0.25) is 0 Å². The van der Waals surface area contributed by atoms with E-state index in [-0.39, 0.29) is 11.9 Å². The third kappa shape index (κ3) is 1.77. The summed E-state index contributed by atoms with van der Waals surface area (Å²) in [6.07, 6.45) is 0. The lowest BCUT2D eigenvalue weighted by molar-refractivity contribution is -0.197. The molecule has 0 unspecified atom stereocenters. The smallest absolute Gasteiger partial charge is 0.257 e. The molecule has 0 bridgehead atoms. The van der Waals surface area contributed by atoms with Crippen molar-refractivity contribution in [3.05, 3.63) is 29.8 Å². The molecule has 0 radical (unpaired) electrons. The quantitative estimate of drug-likeness (QED) is 0.766. The summed E-state index contributed by atoms with van der Waals surface area (Å²) < 4.78 is 10.8. The van der Waals surface area contributed by atoms with Crippen molar-refractivity contribution in [3.8, 4) is 5.75 Å². The van der Waals surface area contributed by atoms with Gasteiger partial charge >= 0.3 is 0 Å². The number of hydrogen-bond acceptors (Lipinski definition) is 3. The number of nitrogens with zero attached hydrogens (tertiary/aromatic N) is 1. The van der Waals surface area contributed by atoms with E-state index in [2.05, 4.69) is 0 Å². The van der Waals surface area contributed by atoms with Crippen LogP contribution in [0.15, 0.2) is 24.3 Å². The Hall–Kier alpha value is -1.55. The maximum absolute atomic E-state index is 12.0. The minimum Gasteiger partial charge on any atom is -0.497 e. The van der Waals surface area contributed by atoms with Crippen molar-refractivity contribution >= 4 is 5.91 Å². The number of carbonyl (C=O) groups excluding carboxylic acids is 1. The van der Waals surface area contributed by atoms with Gasteiger partial charge < -0.3 is 14.4 Å². The van der Waals surface area contributed by atoms with Crippen molar-refractivity contribution in [1.82, 2.24) is 4.90 Å². The maximum atomic E-state index is 12.0. The Morgan fingerprint density at radius 3 is 2.44 bits per heavy atom. The second-order valence-electron chi connectivity index (χ2n) is 4.63. The van der Waals surface area contributed by atoms with Crippen molar-refractivity contribution in [3.63, 3.8) is 0 Å². The molecule has 2 atom stereocenters. The number of likely N-dealkylation sites (tertiary alicyclic amines) is 1. The number of rotatable bonds is 4. The summed E-state index contributed by atoms with van der Waals surface area (Å²) in [5.41, 5.74) is 0.326. The Balaban J connectivity index is 2.27. The van der Waals surface area contributed by atoms with Gasteiger partial charge in [-0.3, -0.25) is 4.79 Å². The molecule has 1 aliphatic heterocycles. The molecule has 1 amide bonds. The monoisotopic (exact) mass is 249 g/mol. The van der Waals surface area contributed by atoms with Crippen LogP contribution in [0.5, 0.6) is 5.75 Å². The zero-order chi connectivity index (χ0) is 13.3. The molecule has 1 aromatic carbocycles. The van der Waals surface area contributed by atoms with E-state index in [1.54, 1.807) is 19.1 Å². The first kappa shape index (κ1) is 12.9. The van der Waals surface area contributed by atoms with Gasteiger partial charge in [-0.05, 0) is 31.5 Å². The van der Waals surface area contributed by atoms with Crippen molar-refractivity contribution in [2.24, 2.45) is 0 Å². The lowest BCUT2D eigenvalue weighted by Crippen LogP contribution is -2.66. The minimum atomic E-state index is -0.738. The summed E-state index contributed by atoms with van der Waals surface area (Å²) in [7, 11) is 3.44. The van der Waals surface area contributed by atoms with Gasteiger partial charge in [0.05, 0.1) is 13.2 Å². The van der Waals surface area contributed by atoms with Crippen LogP contribution in [-0.4, -0.2) is 37.2 Å². The number of likely N-dealkylation sites (N-methyl/N-ethyl adjacent to an activating group) is 1. The first-order valence-electron chi connectivity index (χ1n) is 6.09. The number of hydrogen-bond donors (Lipinski definition) is 0. The van der Waals surface area contributed by atoms with Gasteiger partial charge in [0.25, 0.3) is 5.91 Å². The molecule has 0 aliphatic carbocycles. The van der Waals surface area contributed by atoms with Crippen LogP contribution in [0, 0.1) is 0 Å². The van der Waals surface area contributed by atoms with E-state index in [4.69, 9.17) is 9.47 Å². The Morgan fingerprint density at radius 1 is 1.33 bits per heavy atom. The van der Waals surface area contributed by atoms with E-state index in [0.717, 1.165) is 11.3 Å². The molecule has 0 aromatic heterocycles. The highest BCUT2D eigenvalue weighted by molar-refractivity contribution is 5.92. The molecule has 0 spiro atoms. The van der Waals surface area contributed by atoms with E-state index in [0.29, 0.717) is 6.61 Å². The fourth-order valence-corrected chi connectivity index (χ4v) is 2.66. The highest BCUT2D eigenvalue weighted by atomic mass is 16.5. The lowest BCUT2D eigenvalue weighted by atomic mass is 9.79. The van der Waals surface area contributed by atoms with Crippen molar-refractivity contribution in [2.75, 3.05) is 20.8 Å². The molecule has 4 heteroatoms. The highest BCUT2D eigenvalue weighted by Gasteiger charge is 2.57. The predicted octanol–water partition coefficient (Wildman–Crippen LogP) is 2.00. The molecule has 18 heavy (non-hydrogen) atoms. The Bertz CT molecular complexity index is 443. The van der Waals surface area contributed by atoms with Crippen LogP contribution in [0.4, 0.5) is 0 Å². The number of β-lactam (4-membered cyclic amide) rings is 1. The summed E-state index contributed by atoms with van der Waals surface area (Å²) in [5.74, 6) is 0.843. The summed E-state index contributed by atoms with van der Waals surface area (Å²) >= 11 is 0. The number of benzene rings is 1. The van der Waals surface area contributed by atoms with Gasteiger partial charge in [-0.25, -0.2) is 0 Å². The standard InChI is InChI=1S/C14H19NO3/c1-5-18-14(2)12(15(3)13(14)16)10-6-8-11(17-4)9-7-10/h6-9,12H,5H2,1-4H3/t12-,14-/m1/s1. The van der Waals surface area contributed by atoms with Crippen LogP contribution in [0.25, 0.3) is 0 Å². The molecular weight excluding hydrogens is 230 g/mol. The largest absolute Gasteiger partial charge is 0.497 e. The van der Waals surface area contributed by atoms with Gasteiger partial charge in [0.15, 0.2) is 5.60 Å². The van der Waals surface area contributed by atoms with Gasteiger partial charge in [-0.15, -0.1) is 0 Å². The van der Waals surface area contributed by atoms with Crippen molar-refractivity contribution < 1.29 is 14.3 Å². The third-order valence-electron chi connectivity index (χ3n) is 3.53. The molecule has 98 valence electrons. The maximum Gasteiger partial charge on any atom is 0.257 e. The van der Waals surface area contributed by atoms with Crippen molar-refractivity contribution in [1.29, 1.82) is 0 Å². The second-order valence-corrected chi connectivity index (χ2v) is 4.63. The van der Waals surface area contributed by atoms with Gasteiger partial charge in [0, 0.05) is 13.7 Å². The second kappa shape index (κ2) is 4.61. The zero-order valence-electron chi connectivity index (χ0n) is 11.3. The summed E-state index contributed by atoms with van der Waals surface area (Å²) in [6.45, 7) is 4.29. The van der Waals surface area contributed by atoms with Gasteiger partial charge in [0.1, 0.15) is 5.75 Å². The first-order chi connectivity index (χ1) is 8.54. The predicted molar refractivity (Wildman–Crippen MR) is 68.5 cm³/mol. The minimum absolute atomic E-state index is 0.0316. The van der Waals surface area contributed by atoms with E-state index < -0.39 is 5.60 Å². The van der Waals surface area contributed by atoms with E-state index >= 15 is 0 Å². The average Bonchev–Trinajstić information content (AvgIpc) is 2.39. The van der Waals surface area contributed by atoms with Crippen LogP contribution >= 0.6 is 0 Å². The first-order valence-corrected chi connectivity index (χ1v) is 6.09. The van der Waals surface area contributed by atoms with E-state index in [9.17, 15) is 4.79 Å². The van der Waals surface area contributed by atoms with Crippen LogP contribution in [0.3, 0.4) is 0 Å². The van der Waals surface area contributed by atoms with Crippen LogP contribution in [-0.2, 0) is 9.53 Å². The summed E-state index contributed by atoms with van der Waals surface area (Å²) in [4.78, 5) is 13.7. The van der Waals surface area contributed by atoms with Crippen LogP contribution in [0.1, 0.15) is 25.5 Å². The highest BCUT2D eigenvalue weighted by Crippen LogP contribution is 2.44. The molecule has 4 nitrogen and oxygen atoms in total. The molecule has 2 rings (SSSR count). The number of ether oxygens (including phenoxy) is 2. The van der Waals surface area contributed by atoms with Gasteiger partial charge in [-0.1, -0.05) is 12.1 Å². The van der Waals surface area contributed by atoms with E-state index in [1.807, 2.05) is 38.1 Å². The summed E-state index contributed by atoms with van der Waals surface area (Å²) in [5, 5.41) is 0. The van der Waals surface area contributed by atoms with E-state index in [1.165, 1.54) is 0 Å². The van der Waals surface area contributed by atoms with Crippen molar-refractivity contribution in [2.45, 2.75) is 25.5 Å². The molecule has 0 N–H and O–H groups in total. The lowest BCUT2D eigenvalue weighted by Gasteiger charge is -2.52. The molecular formula is C14H19NO3. The molecule has 1 aromatic rings. The Morgan fingerprint density at radius 2 is 1.94 bits per heavy atom. The molecule has 1 aliphatic rings. The van der Waals surface area contributed by atoms with Crippen LogP contribution in [0.2, 0.25) is 0 Å². The molecule has 1 fully saturated rings. The molecule has 1 heterocycles. The Kier molecular flexibility index (Phi) is 3.30. The SMILES string of the molecule is CCO[C@@]1(C)C(=O)N(C)[C@@H]1c1ccc(OC)cc1. The normalized spacial score (nSPS) is 27.0. The number of methoxy groups -OCH3 is 1. The summed E-state index contributed by atoms with van der Waals surface area (Å²) in [6, 6.07) is 7.72. The number of carbonyl (C=O) groups is 1. The Labute approximate surface area is 107 Å². The number of amides is 1. The fourth-order valence-electron chi connectivity index (χ4n) is 2.66. The topological polar surface area (TPSA) is 38.8 Å². The van der Waals surface area contributed by atoms with Gasteiger partial charge in [-0.2, -0.15) is 0 Å². The molecule has 1 saturated heterocycles. The fraction of sp³-hybridized carbons (Fsp3) is 0.500. The van der Waals surface area contributed by atoms with Crippen LogP contribution < -0.4 is 4.74 Å². The zero-order valence-corrected chi connectivity index (χ0v) is 11.3. The third-order valence-corrected chi connectivity index (χ3v) is 3.53. The molecule has 0 saturated carbocycles.